The summed E-state index contributed by atoms with van der Waals surface area (Å²) in [6.07, 6.45) is 1.41. The highest BCUT2D eigenvalue weighted by atomic mass is 32.1. The Bertz CT molecular complexity index is 622. The molecule has 0 saturated heterocycles. The number of aromatic nitrogens is 2. The van der Waals surface area contributed by atoms with Crippen molar-refractivity contribution in [2.75, 3.05) is 0 Å². The third-order valence-electron chi connectivity index (χ3n) is 3.12. The minimum Gasteiger partial charge on any atom is -0.477 e. The smallest absolute Gasteiger partial charge is 0.346 e. The molecule has 0 aromatic carbocycles. The van der Waals surface area contributed by atoms with Crippen molar-refractivity contribution in [1.29, 1.82) is 0 Å². The van der Waals surface area contributed by atoms with E-state index >= 15 is 0 Å². The number of fused-ring (bicyclic) bond motifs is 1. The van der Waals surface area contributed by atoms with Gasteiger partial charge in [0.15, 0.2) is 0 Å². The van der Waals surface area contributed by atoms with Gasteiger partial charge in [-0.15, -0.1) is 11.3 Å². The molecule has 2 aromatic heterocycles. The molecule has 2 heterocycles. The summed E-state index contributed by atoms with van der Waals surface area (Å²) in [5, 5.41) is 9.86. The summed E-state index contributed by atoms with van der Waals surface area (Å²) in [7, 11) is 0. The van der Waals surface area contributed by atoms with Gasteiger partial charge in [0.1, 0.15) is 16.0 Å². The van der Waals surface area contributed by atoms with Crippen molar-refractivity contribution < 1.29 is 14.6 Å². The summed E-state index contributed by atoms with van der Waals surface area (Å²) in [4.78, 5) is 20.4. The number of hydrogen-bond donors (Lipinski definition) is 1. The minimum atomic E-state index is -0.941. The van der Waals surface area contributed by atoms with Crippen LogP contribution in [0.1, 0.15) is 36.0 Å². The van der Waals surface area contributed by atoms with Crippen LogP contribution in [0.5, 0.6) is 5.88 Å². The highest BCUT2D eigenvalue weighted by Gasteiger charge is 2.20. The largest absolute Gasteiger partial charge is 0.477 e. The molecule has 0 aliphatic heterocycles. The van der Waals surface area contributed by atoms with Gasteiger partial charge in [-0.25, -0.2) is 14.8 Å². The van der Waals surface area contributed by atoms with Crippen LogP contribution in [0, 0.1) is 12.8 Å². The molecule has 0 spiro atoms. The summed E-state index contributed by atoms with van der Waals surface area (Å²) < 4.78 is 5.83. The van der Waals surface area contributed by atoms with Gasteiger partial charge in [-0.3, -0.25) is 0 Å². The van der Waals surface area contributed by atoms with Gasteiger partial charge >= 0.3 is 5.97 Å². The zero-order valence-electron chi connectivity index (χ0n) is 11.3. The Balaban J connectivity index is 2.53. The molecule has 0 bridgehead atoms. The lowest BCUT2D eigenvalue weighted by molar-refractivity contribution is 0.0701. The minimum absolute atomic E-state index is 0.00526. The van der Waals surface area contributed by atoms with Crippen LogP contribution in [0.15, 0.2) is 6.33 Å². The predicted octanol–water partition coefficient (Wildman–Crippen LogP) is 3.12. The van der Waals surface area contributed by atoms with Crippen LogP contribution in [-0.4, -0.2) is 27.1 Å². The first-order chi connectivity index (χ1) is 8.91. The van der Waals surface area contributed by atoms with Gasteiger partial charge in [0.05, 0.1) is 11.5 Å². The maximum absolute atomic E-state index is 11.2. The van der Waals surface area contributed by atoms with Crippen LogP contribution in [0.2, 0.25) is 0 Å². The second-order valence-corrected chi connectivity index (χ2v) is 5.79. The number of carboxylic acids is 1. The van der Waals surface area contributed by atoms with E-state index in [2.05, 4.69) is 23.8 Å². The first kappa shape index (κ1) is 13.7. The van der Waals surface area contributed by atoms with Crippen molar-refractivity contribution in [3.63, 3.8) is 0 Å². The Labute approximate surface area is 115 Å². The molecule has 0 fully saturated rings. The third kappa shape index (κ3) is 2.53. The standard InChI is InChI=1S/C13H16N2O3S/c1-6(2)8(4)18-11-9-7(3)10(13(16)17)19-12(9)15-5-14-11/h5-6,8H,1-4H3,(H,16,17). The van der Waals surface area contributed by atoms with Gasteiger partial charge in [-0.05, 0) is 25.3 Å². The molecule has 0 aliphatic rings. The van der Waals surface area contributed by atoms with E-state index in [1.165, 1.54) is 6.33 Å². The number of aryl methyl sites for hydroxylation is 1. The van der Waals surface area contributed by atoms with Crippen LogP contribution in [0.3, 0.4) is 0 Å². The van der Waals surface area contributed by atoms with Crippen LogP contribution in [0.4, 0.5) is 0 Å². The molecule has 1 unspecified atom stereocenters. The lowest BCUT2D eigenvalue weighted by atomic mass is 10.1. The summed E-state index contributed by atoms with van der Waals surface area (Å²) in [5.41, 5.74) is 0.666. The topological polar surface area (TPSA) is 72.3 Å². The van der Waals surface area contributed by atoms with Crippen molar-refractivity contribution >= 4 is 27.5 Å². The number of hydrogen-bond acceptors (Lipinski definition) is 5. The van der Waals surface area contributed by atoms with Gasteiger partial charge in [-0.1, -0.05) is 13.8 Å². The third-order valence-corrected chi connectivity index (χ3v) is 4.31. The van der Waals surface area contributed by atoms with Crippen LogP contribution >= 0.6 is 11.3 Å². The van der Waals surface area contributed by atoms with E-state index in [1.807, 2.05) is 6.92 Å². The Morgan fingerprint density at radius 3 is 2.63 bits per heavy atom. The number of ether oxygens (including phenoxy) is 1. The average Bonchev–Trinajstić information content (AvgIpc) is 2.68. The van der Waals surface area contributed by atoms with E-state index < -0.39 is 5.97 Å². The van der Waals surface area contributed by atoms with Crippen LogP contribution < -0.4 is 4.74 Å². The van der Waals surface area contributed by atoms with E-state index in [0.29, 0.717) is 27.6 Å². The summed E-state index contributed by atoms with van der Waals surface area (Å²) in [6, 6.07) is 0. The van der Waals surface area contributed by atoms with Crippen LogP contribution in [-0.2, 0) is 0 Å². The molecule has 2 rings (SSSR count). The summed E-state index contributed by atoms with van der Waals surface area (Å²) in [6.45, 7) is 7.86. The lowest BCUT2D eigenvalue weighted by Crippen LogP contribution is -2.19. The highest BCUT2D eigenvalue weighted by molar-refractivity contribution is 7.20. The number of nitrogens with zero attached hydrogens (tertiary/aromatic N) is 2. The second kappa shape index (κ2) is 5.13. The number of carbonyl (C=O) groups is 1. The summed E-state index contributed by atoms with van der Waals surface area (Å²) >= 11 is 1.15. The molecule has 2 aromatic rings. The molecule has 1 atom stereocenters. The first-order valence-corrected chi connectivity index (χ1v) is 6.87. The fraction of sp³-hybridized carbons (Fsp3) is 0.462. The molecule has 0 saturated carbocycles. The highest BCUT2D eigenvalue weighted by Crippen LogP contribution is 2.34. The van der Waals surface area contributed by atoms with Gasteiger partial charge in [0, 0.05) is 0 Å². The predicted molar refractivity (Wildman–Crippen MR) is 74.0 cm³/mol. The van der Waals surface area contributed by atoms with E-state index in [0.717, 1.165) is 11.3 Å². The monoisotopic (exact) mass is 280 g/mol. The van der Waals surface area contributed by atoms with E-state index in [1.54, 1.807) is 6.92 Å². The Hall–Kier alpha value is -1.69. The van der Waals surface area contributed by atoms with Gasteiger partial charge in [0.2, 0.25) is 5.88 Å². The molecule has 19 heavy (non-hydrogen) atoms. The number of thiophene rings is 1. The normalized spacial score (nSPS) is 12.9. The van der Waals surface area contributed by atoms with Crippen molar-refractivity contribution in [3.8, 4) is 5.88 Å². The van der Waals surface area contributed by atoms with Gasteiger partial charge in [-0.2, -0.15) is 0 Å². The number of aromatic carboxylic acids is 1. The van der Waals surface area contributed by atoms with Crippen LogP contribution in [0.25, 0.3) is 10.2 Å². The van der Waals surface area contributed by atoms with E-state index in [9.17, 15) is 4.79 Å². The van der Waals surface area contributed by atoms with E-state index in [4.69, 9.17) is 9.84 Å². The Morgan fingerprint density at radius 1 is 1.37 bits per heavy atom. The summed E-state index contributed by atoms with van der Waals surface area (Å²) in [5.74, 6) is -0.126. The average molecular weight is 280 g/mol. The molecule has 102 valence electrons. The molecule has 0 amide bonds. The Kier molecular flexibility index (Phi) is 3.71. The maximum Gasteiger partial charge on any atom is 0.346 e. The zero-order chi connectivity index (χ0) is 14.2. The molecule has 0 radical (unpaired) electrons. The molecular weight excluding hydrogens is 264 g/mol. The first-order valence-electron chi connectivity index (χ1n) is 6.05. The maximum atomic E-state index is 11.2. The molecule has 1 N–H and O–H groups in total. The van der Waals surface area contributed by atoms with Crippen molar-refractivity contribution in [2.45, 2.75) is 33.8 Å². The SMILES string of the molecule is Cc1c(C(=O)O)sc2ncnc(OC(C)C(C)C)c12. The van der Waals surface area contributed by atoms with Crippen molar-refractivity contribution in [1.82, 2.24) is 9.97 Å². The Morgan fingerprint density at radius 2 is 2.05 bits per heavy atom. The quantitative estimate of drug-likeness (QED) is 0.931. The van der Waals surface area contributed by atoms with E-state index in [-0.39, 0.29) is 11.0 Å². The number of rotatable bonds is 4. The molecule has 0 aliphatic carbocycles. The molecular formula is C13H16N2O3S. The molecule has 6 heteroatoms. The second-order valence-electron chi connectivity index (χ2n) is 4.79. The van der Waals surface area contributed by atoms with Crippen molar-refractivity contribution in [3.05, 3.63) is 16.8 Å². The lowest BCUT2D eigenvalue weighted by Gasteiger charge is -2.17. The van der Waals surface area contributed by atoms with Gasteiger partial charge < -0.3 is 9.84 Å². The fourth-order valence-electron chi connectivity index (χ4n) is 1.64. The van der Waals surface area contributed by atoms with Crippen molar-refractivity contribution in [2.24, 2.45) is 5.92 Å². The fourth-order valence-corrected chi connectivity index (χ4v) is 2.62. The molecule has 5 nitrogen and oxygen atoms in total. The number of carboxylic acid groups (broad SMARTS) is 1. The van der Waals surface area contributed by atoms with Gasteiger partial charge in [0.25, 0.3) is 0 Å². The zero-order valence-corrected chi connectivity index (χ0v) is 12.1.